The Balaban J connectivity index is 1.66. The van der Waals surface area contributed by atoms with E-state index >= 15 is 0 Å². The van der Waals surface area contributed by atoms with E-state index in [0.717, 1.165) is 0 Å². The molecule has 1 atom stereocenters. The molecule has 11 nitrogen and oxygen atoms in total. The fourth-order valence-electron chi connectivity index (χ4n) is 4.39. The maximum absolute atomic E-state index is 13.1. The molecular weight excluding hydrogens is 466 g/mol. The Labute approximate surface area is 210 Å². The van der Waals surface area contributed by atoms with E-state index < -0.39 is 16.6 Å². The van der Waals surface area contributed by atoms with Gasteiger partial charge >= 0.3 is 5.69 Å². The van der Waals surface area contributed by atoms with Crippen molar-refractivity contribution in [3.63, 3.8) is 0 Å². The summed E-state index contributed by atoms with van der Waals surface area (Å²) in [5.41, 5.74) is -1.55. The minimum absolute atomic E-state index is 0.0250. The van der Waals surface area contributed by atoms with Gasteiger partial charge in [-0.2, -0.15) is 0 Å². The molecule has 1 aliphatic heterocycles. The van der Waals surface area contributed by atoms with Crippen molar-refractivity contribution >= 4 is 11.5 Å². The fraction of sp³-hybridized carbons (Fsp3) is 0.600. The van der Waals surface area contributed by atoms with Crippen LogP contribution in [-0.4, -0.2) is 68.5 Å². The number of aromatic nitrogens is 2. The normalized spacial score (nSPS) is 16.0. The highest BCUT2D eigenvalue weighted by Gasteiger charge is 2.33. The van der Waals surface area contributed by atoms with Crippen LogP contribution >= 0.6 is 0 Å². The van der Waals surface area contributed by atoms with Gasteiger partial charge in [-0.1, -0.05) is 0 Å². The van der Waals surface area contributed by atoms with Crippen LogP contribution < -0.4 is 20.9 Å². The molecule has 1 aromatic heterocycles. The summed E-state index contributed by atoms with van der Waals surface area (Å²) in [7, 11) is 0. The second-order valence-electron chi connectivity index (χ2n) is 10.3. The first-order chi connectivity index (χ1) is 16.8. The van der Waals surface area contributed by atoms with Gasteiger partial charge in [0.1, 0.15) is 23.3 Å². The predicted octanol–water partition coefficient (Wildman–Crippen LogP) is 2.42. The van der Waals surface area contributed by atoms with Gasteiger partial charge in [0, 0.05) is 63.0 Å². The number of hydrogen-bond acceptors (Lipinski definition) is 8. The number of piperazine rings is 1. The van der Waals surface area contributed by atoms with Gasteiger partial charge in [-0.25, -0.2) is 4.79 Å². The Hall–Kier alpha value is -3.18. The number of ether oxygens (including phenoxy) is 1. The zero-order chi connectivity index (χ0) is 26.8. The lowest BCUT2D eigenvalue weighted by molar-refractivity contribution is -0.384. The topological polar surface area (TPSA) is 123 Å². The molecule has 11 heteroatoms. The highest BCUT2D eigenvalue weighted by Crippen LogP contribution is 2.25. The zero-order valence-electron chi connectivity index (χ0n) is 21.9. The highest BCUT2D eigenvalue weighted by atomic mass is 16.6. The molecule has 0 saturated carbocycles. The number of hydrogen-bond donors (Lipinski definition) is 1. The summed E-state index contributed by atoms with van der Waals surface area (Å²) in [6, 6.07) is 7.00. The Bertz CT molecular complexity index is 1180. The number of nitrogens with zero attached hydrogens (tertiary/aromatic N) is 5. The van der Waals surface area contributed by atoms with Gasteiger partial charge in [0.15, 0.2) is 0 Å². The molecule has 1 unspecified atom stereocenters. The van der Waals surface area contributed by atoms with Crippen LogP contribution in [0, 0.1) is 10.1 Å². The van der Waals surface area contributed by atoms with Crippen LogP contribution in [-0.2, 0) is 0 Å². The van der Waals surface area contributed by atoms with Gasteiger partial charge < -0.3 is 14.7 Å². The van der Waals surface area contributed by atoms with E-state index in [2.05, 4.69) is 9.80 Å². The Morgan fingerprint density at radius 3 is 2.06 bits per heavy atom. The minimum Gasteiger partial charge on any atom is -0.485 e. The molecule has 2 heterocycles. The molecule has 0 amide bonds. The summed E-state index contributed by atoms with van der Waals surface area (Å²) in [4.78, 5) is 40.3. The number of nitro groups is 1. The summed E-state index contributed by atoms with van der Waals surface area (Å²) in [6.45, 7) is 13.9. The third-order valence-electron chi connectivity index (χ3n) is 6.54. The maximum atomic E-state index is 13.1. The lowest BCUT2D eigenvalue weighted by Gasteiger charge is -2.40. The van der Waals surface area contributed by atoms with Gasteiger partial charge in [0.25, 0.3) is 11.2 Å². The van der Waals surface area contributed by atoms with E-state index in [1.54, 1.807) is 24.5 Å². The number of aliphatic hydroxyl groups is 1. The van der Waals surface area contributed by atoms with Crippen molar-refractivity contribution in [3.05, 3.63) is 61.3 Å². The van der Waals surface area contributed by atoms with Crippen LogP contribution in [0.2, 0.25) is 0 Å². The van der Waals surface area contributed by atoms with Gasteiger partial charge in [-0.3, -0.25) is 28.9 Å². The first-order valence-electron chi connectivity index (χ1n) is 12.3. The molecule has 0 radical (unpaired) electrons. The Kier molecular flexibility index (Phi) is 8.25. The number of nitro benzene ring substituents is 1. The fourth-order valence-corrected chi connectivity index (χ4v) is 4.39. The third kappa shape index (κ3) is 5.96. The van der Waals surface area contributed by atoms with Crippen molar-refractivity contribution in [2.24, 2.45) is 0 Å². The first-order valence-corrected chi connectivity index (χ1v) is 12.3. The molecule has 1 fully saturated rings. The molecule has 198 valence electrons. The average molecular weight is 504 g/mol. The molecule has 0 spiro atoms. The Morgan fingerprint density at radius 1 is 1.00 bits per heavy atom. The molecular formula is C25H37N5O6. The molecule has 1 aliphatic rings. The van der Waals surface area contributed by atoms with Crippen LogP contribution in [0.15, 0.2) is 39.9 Å². The van der Waals surface area contributed by atoms with E-state index in [4.69, 9.17) is 4.74 Å². The average Bonchev–Trinajstić information content (AvgIpc) is 2.78. The first kappa shape index (κ1) is 27.4. The van der Waals surface area contributed by atoms with E-state index in [1.165, 1.54) is 28.8 Å². The van der Waals surface area contributed by atoms with Crippen molar-refractivity contribution in [3.8, 4) is 5.75 Å². The molecule has 36 heavy (non-hydrogen) atoms. The van der Waals surface area contributed by atoms with Gasteiger partial charge in [-0.15, -0.1) is 0 Å². The van der Waals surface area contributed by atoms with Crippen LogP contribution in [0.1, 0.15) is 53.6 Å². The van der Waals surface area contributed by atoms with Crippen LogP contribution in [0.4, 0.5) is 11.5 Å². The maximum Gasteiger partial charge on any atom is 0.333 e. The SMILES string of the molecule is CC(C)n1c(N2CCN(CC(O)C(C)(C)Oc3ccc([N+](=O)[O-])cc3)CC2)cc(=O)n(C(C)C)c1=O. The van der Waals surface area contributed by atoms with Crippen LogP contribution in [0.3, 0.4) is 0 Å². The van der Waals surface area contributed by atoms with E-state index in [1.807, 2.05) is 27.7 Å². The molecule has 1 saturated heterocycles. The number of anilines is 1. The summed E-state index contributed by atoms with van der Waals surface area (Å²) in [5.74, 6) is 1.07. The Morgan fingerprint density at radius 2 is 1.56 bits per heavy atom. The number of benzene rings is 1. The molecule has 0 bridgehead atoms. The third-order valence-corrected chi connectivity index (χ3v) is 6.54. The summed E-state index contributed by atoms with van der Waals surface area (Å²) in [5, 5.41) is 21.8. The van der Waals surface area contributed by atoms with E-state index in [-0.39, 0.29) is 29.0 Å². The number of non-ortho nitro benzene ring substituents is 1. The standard InChI is InChI=1S/C25H37N5O6/c1-17(2)28-22(15-23(32)29(18(3)4)24(28)33)27-13-11-26(12-14-27)16-21(31)25(5,6)36-20-9-7-19(8-10-20)30(34)35/h7-10,15,17-18,21,31H,11-14,16H2,1-6H3. The van der Waals surface area contributed by atoms with Crippen molar-refractivity contribution in [2.45, 2.75) is 65.3 Å². The van der Waals surface area contributed by atoms with Crippen molar-refractivity contribution in [1.29, 1.82) is 0 Å². The van der Waals surface area contributed by atoms with Crippen molar-refractivity contribution in [1.82, 2.24) is 14.0 Å². The second kappa shape index (κ2) is 10.8. The van der Waals surface area contributed by atoms with Gasteiger partial charge in [0.2, 0.25) is 0 Å². The molecule has 0 aliphatic carbocycles. The number of aliphatic hydroxyl groups excluding tert-OH is 1. The molecule has 1 aromatic carbocycles. The smallest absolute Gasteiger partial charge is 0.333 e. The summed E-state index contributed by atoms with van der Waals surface area (Å²) >= 11 is 0. The minimum atomic E-state index is -0.924. The highest BCUT2D eigenvalue weighted by molar-refractivity contribution is 5.40. The predicted molar refractivity (Wildman–Crippen MR) is 138 cm³/mol. The van der Waals surface area contributed by atoms with E-state index in [0.29, 0.717) is 44.3 Å². The molecule has 2 aromatic rings. The largest absolute Gasteiger partial charge is 0.485 e. The summed E-state index contributed by atoms with van der Waals surface area (Å²) in [6.07, 6.45) is -0.817. The van der Waals surface area contributed by atoms with Gasteiger partial charge in [-0.05, 0) is 53.7 Å². The molecule has 1 N–H and O–H groups in total. The van der Waals surface area contributed by atoms with Gasteiger partial charge in [0.05, 0.1) is 4.92 Å². The van der Waals surface area contributed by atoms with Crippen LogP contribution in [0.25, 0.3) is 0 Å². The quantitative estimate of drug-likeness (QED) is 0.409. The van der Waals surface area contributed by atoms with E-state index in [9.17, 15) is 24.8 Å². The lowest BCUT2D eigenvalue weighted by Crippen LogP contribution is -2.54. The van der Waals surface area contributed by atoms with Crippen LogP contribution in [0.5, 0.6) is 5.75 Å². The second-order valence-corrected chi connectivity index (χ2v) is 10.3. The number of β-amino-alcohol motifs (C(OH)–C–C–N with tert-alkyl or cyclic N) is 1. The lowest BCUT2D eigenvalue weighted by atomic mass is 10.0. The van der Waals surface area contributed by atoms with Crippen molar-refractivity contribution < 1.29 is 14.8 Å². The number of rotatable bonds is 9. The monoisotopic (exact) mass is 503 g/mol. The molecule has 3 rings (SSSR count). The van der Waals surface area contributed by atoms with Crippen molar-refractivity contribution in [2.75, 3.05) is 37.6 Å². The zero-order valence-corrected chi connectivity index (χ0v) is 21.9. The summed E-state index contributed by atoms with van der Waals surface area (Å²) < 4.78 is 8.90.